The van der Waals surface area contributed by atoms with E-state index in [1.54, 1.807) is 24.3 Å². The summed E-state index contributed by atoms with van der Waals surface area (Å²) >= 11 is 0. The average Bonchev–Trinajstić information content (AvgIpc) is 3.61. The second-order valence-corrected chi connectivity index (χ2v) is 17.5. The predicted molar refractivity (Wildman–Crippen MR) is 256 cm³/mol. The molecule has 0 radical (unpaired) electrons. The van der Waals surface area contributed by atoms with Gasteiger partial charge in [-0.2, -0.15) is 70.2 Å². The number of hydrogen-bond donors (Lipinski definition) is 0. The molecule has 0 fully saturated rings. The Morgan fingerprint density at radius 3 is 0.622 bits per heavy atom. The van der Waals surface area contributed by atoms with E-state index in [9.17, 15) is 52.7 Å². The third kappa shape index (κ3) is 10.4. The van der Waals surface area contributed by atoms with Gasteiger partial charge in [0, 0.05) is 0 Å². The van der Waals surface area contributed by atoms with E-state index >= 15 is 35.1 Å². The molecule has 24 heteroatoms. The minimum absolute atomic E-state index is 0.133. The monoisotopic (exact) mass is 1170 g/mol. The lowest BCUT2D eigenvalue weighted by Gasteiger charge is -2.38. The first kappa shape index (κ1) is 59.2. The Bertz CT molecular complexity index is 3330. The second kappa shape index (κ2) is 21.8. The molecule has 8 rings (SSSR count). The van der Waals surface area contributed by atoms with Gasteiger partial charge in [-0.1, -0.05) is 98.1 Å². The van der Waals surface area contributed by atoms with E-state index < -0.39 is 138 Å². The third-order valence-electron chi connectivity index (χ3n) is 12.7. The van der Waals surface area contributed by atoms with Crippen molar-refractivity contribution in [2.24, 2.45) is 0 Å². The first-order valence-corrected chi connectivity index (χ1v) is 23.0. The molecule has 82 heavy (non-hydrogen) atoms. The maximum Gasteiger partial charge on any atom is 0.411 e. The molecule has 0 heterocycles. The van der Waals surface area contributed by atoms with Crippen LogP contribution in [0.1, 0.15) is 33.4 Å². The lowest BCUT2D eigenvalue weighted by molar-refractivity contribution is -0.290. The summed E-state index contributed by atoms with van der Waals surface area (Å²) in [6, 6.07) is 18.5. The Morgan fingerprint density at radius 2 is 0.439 bits per heavy atom. The standard InChI is InChI=1S/C58H30F20O4/c1-3-29-5-17-35(18-6-29)79-37-21-9-31(10-22-37)53(55(67,68)69,56(70,71)72)33-13-25-39(26-14-33)81-51-47(63)43(59)41(44(60)48(51)64)42-45(61)49(65)52(50(66)46(42)62)82-40-27-15-34(16-28-40)54(57(73,74)75,58(76,77)78)32-11-23-38(24-12-32)80-36-19-7-30(4-2)8-20-36/h3-28H,1-2H2. The zero-order valence-electron chi connectivity index (χ0n) is 40.6. The Hall–Kier alpha value is -8.96. The summed E-state index contributed by atoms with van der Waals surface area (Å²) in [5, 5.41) is 0. The van der Waals surface area contributed by atoms with Gasteiger partial charge in [-0.05, 0) is 106 Å². The van der Waals surface area contributed by atoms with E-state index in [4.69, 9.17) is 18.9 Å². The van der Waals surface area contributed by atoms with E-state index in [2.05, 4.69) is 13.2 Å². The molecule has 0 aromatic heterocycles. The van der Waals surface area contributed by atoms with Crippen LogP contribution in [0.5, 0.6) is 46.0 Å². The van der Waals surface area contributed by atoms with Crippen LogP contribution < -0.4 is 18.9 Å². The fourth-order valence-corrected chi connectivity index (χ4v) is 8.75. The molecule has 0 spiro atoms. The largest absolute Gasteiger partial charge is 0.457 e. The lowest BCUT2D eigenvalue weighted by atomic mass is 9.73. The van der Waals surface area contributed by atoms with Crippen molar-refractivity contribution in [2.75, 3.05) is 0 Å². The number of rotatable bonds is 15. The van der Waals surface area contributed by atoms with Crippen LogP contribution in [0.4, 0.5) is 87.8 Å². The van der Waals surface area contributed by atoms with Crippen molar-refractivity contribution in [3.05, 3.63) is 239 Å². The van der Waals surface area contributed by atoms with Crippen molar-refractivity contribution >= 4 is 12.2 Å². The van der Waals surface area contributed by atoms with Crippen LogP contribution in [0.2, 0.25) is 0 Å². The minimum atomic E-state index is -6.18. The first-order chi connectivity index (χ1) is 38.4. The van der Waals surface area contributed by atoms with Crippen LogP contribution >= 0.6 is 0 Å². The normalized spacial score (nSPS) is 12.5. The van der Waals surface area contributed by atoms with Gasteiger partial charge in [0.2, 0.25) is 45.6 Å². The van der Waals surface area contributed by atoms with Gasteiger partial charge in [-0.15, -0.1) is 0 Å². The summed E-state index contributed by atoms with van der Waals surface area (Å²) in [4.78, 5) is 0. The van der Waals surface area contributed by atoms with E-state index in [0.717, 1.165) is 24.3 Å². The van der Waals surface area contributed by atoms with Gasteiger partial charge < -0.3 is 18.9 Å². The summed E-state index contributed by atoms with van der Waals surface area (Å²) in [6.45, 7) is 7.13. The summed E-state index contributed by atoms with van der Waals surface area (Å²) in [7, 11) is 0. The Labute approximate surface area is 449 Å². The van der Waals surface area contributed by atoms with Crippen LogP contribution in [0.3, 0.4) is 0 Å². The maximum absolute atomic E-state index is 15.7. The zero-order valence-corrected chi connectivity index (χ0v) is 40.6. The molecule has 8 aromatic carbocycles. The zero-order chi connectivity index (χ0) is 60.1. The molecule has 4 nitrogen and oxygen atoms in total. The highest BCUT2D eigenvalue weighted by molar-refractivity contribution is 5.70. The van der Waals surface area contributed by atoms with Crippen LogP contribution in [-0.2, 0) is 10.8 Å². The predicted octanol–water partition coefficient (Wildman–Crippen LogP) is 19.7. The molecular weight excluding hydrogens is 1140 g/mol. The molecule has 0 aliphatic heterocycles. The van der Waals surface area contributed by atoms with Gasteiger partial charge in [-0.3, -0.25) is 0 Å². The molecule has 0 bridgehead atoms. The average molecular weight is 1170 g/mol. The SMILES string of the molecule is C=Cc1ccc(Oc2ccc(C(c3ccc(Oc4c(F)c(F)c(-c5c(F)c(F)c(Oc6ccc(C(c7ccc(Oc8ccc(C=C)cc8)cc7)(C(F)(F)F)C(F)(F)F)cc6)c(F)c5F)c(F)c4F)cc3)(C(F)(F)F)C(F)(F)F)cc2)cc1. The third-order valence-corrected chi connectivity index (χ3v) is 12.7. The number of halogens is 20. The summed E-state index contributed by atoms with van der Waals surface area (Å²) in [5.74, 6) is -29.2. The van der Waals surface area contributed by atoms with Gasteiger partial charge >= 0.3 is 24.7 Å². The highest BCUT2D eigenvalue weighted by atomic mass is 19.4. The molecule has 426 valence electrons. The van der Waals surface area contributed by atoms with Gasteiger partial charge in [0.15, 0.2) is 23.3 Å². The minimum Gasteiger partial charge on any atom is -0.457 e. The Kier molecular flexibility index (Phi) is 15.8. The molecule has 0 saturated carbocycles. The molecule has 0 atom stereocenters. The van der Waals surface area contributed by atoms with Crippen molar-refractivity contribution in [3.63, 3.8) is 0 Å². The summed E-state index contributed by atoms with van der Waals surface area (Å²) < 4.78 is 324. The van der Waals surface area contributed by atoms with Crippen molar-refractivity contribution < 1.29 is 107 Å². The first-order valence-electron chi connectivity index (χ1n) is 23.0. The van der Waals surface area contributed by atoms with Crippen LogP contribution in [-0.4, -0.2) is 24.7 Å². The highest BCUT2D eigenvalue weighted by Gasteiger charge is 2.73. The van der Waals surface area contributed by atoms with E-state index in [1.165, 1.54) is 36.4 Å². The smallest absolute Gasteiger partial charge is 0.411 e. The van der Waals surface area contributed by atoms with E-state index in [-0.39, 0.29) is 71.5 Å². The highest BCUT2D eigenvalue weighted by Crippen LogP contribution is 2.58. The van der Waals surface area contributed by atoms with Crippen LogP contribution in [0.25, 0.3) is 23.3 Å². The second-order valence-electron chi connectivity index (χ2n) is 17.5. The fourth-order valence-electron chi connectivity index (χ4n) is 8.75. The van der Waals surface area contributed by atoms with Crippen molar-refractivity contribution in [1.82, 2.24) is 0 Å². The topological polar surface area (TPSA) is 36.9 Å². The molecule has 0 aliphatic carbocycles. The van der Waals surface area contributed by atoms with Gasteiger partial charge in [-0.25, -0.2) is 17.6 Å². The number of ether oxygens (including phenoxy) is 4. The Morgan fingerprint density at radius 1 is 0.256 bits per heavy atom. The van der Waals surface area contributed by atoms with Crippen LogP contribution in [0.15, 0.2) is 159 Å². The van der Waals surface area contributed by atoms with Crippen molar-refractivity contribution in [1.29, 1.82) is 0 Å². The van der Waals surface area contributed by atoms with E-state index in [1.807, 2.05) is 0 Å². The molecule has 0 unspecified atom stereocenters. The summed E-state index contributed by atoms with van der Waals surface area (Å²) in [5.41, 5.74) is -19.4. The maximum atomic E-state index is 15.7. The molecule has 0 saturated heterocycles. The van der Waals surface area contributed by atoms with Crippen molar-refractivity contribution in [2.45, 2.75) is 35.5 Å². The van der Waals surface area contributed by atoms with Gasteiger partial charge in [0.05, 0.1) is 11.1 Å². The summed E-state index contributed by atoms with van der Waals surface area (Å²) in [6.07, 6.45) is -21.8. The number of benzene rings is 8. The number of hydrogen-bond acceptors (Lipinski definition) is 4. The lowest BCUT2D eigenvalue weighted by Crippen LogP contribution is -2.54. The van der Waals surface area contributed by atoms with Gasteiger partial charge in [0.1, 0.15) is 34.5 Å². The molecular formula is C58H30F20O4. The van der Waals surface area contributed by atoms with E-state index in [0.29, 0.717) is 35.4 Å². The van der Waals surface area contributed by atoms with Crippen LogP contribution in [0, 0.1) is 46.5 Å². The quantitative estimate of drug-likeness (QED) is 0.0757. The molecule has 0 amide bonds. The fraction of sp³-hybridized carbons (Fsp3) is 0.103. The van der Waals surface area contributed by atoms with Gasteiger partial charge in [0.25, 0.3) is 0 Å². The Balaban J connectivity index is 1.07. The molecule has 8 aromatic rings. The molecule has 0 aliphatic rings. The number of alkyl halides is 12. The van der Waals surface area contributed by atoms with Crippen molar-refractivity contribution in [3.8, 4) is 57.1 Å². The molecule has 0 N–H and O–H groups in total.